The van der Waals surface area contributed by atoms with Gasteiger partial charge < -0.3 is 10.1 Å². The number of carbonyl (C=O) groups excluding carboxylic acids is 1. The second-order valence-corrected chi connectivity index (χ2v) is 4.98. The van der Waals surface area contributed by atoms with Crippen molar-refractivity contribution in [1.82, 2.24) is 5.32 Å². The number of amides is 1. The van der Waals surface area contributed by atoms with Crippen molar-refractivity contribution in [3.05, 3.63) is 65.5 Å². The van der Waals surface area contributed by atoms with E-state index in [1.54, 1.807) is 13.0 Å². The number of ether oxygens (including phenoxy) is 1. The van der Waals surface area contributed by atoms with Gasteiger partial charge in [-0.05, 0) is 25.1 Å². The summed E-state index contributed by atoms with van der Waals surface area (Å²) in [6.45, 7) is 1.58. The highest BCUT2D eigenvalue weighted by Crippen LogP contribution is 2.18. The molecule has 6 heteroatoms. The van der Waals surface area contributed by atoms with Crippen LogP contribution in [0.3, 0.4) is 0 Å². The van der Waals surface area contributed by atoms with Gasteiger partial charge in [0.2, 0.25) is 5.91 Å². The van der Waals surface area contributed by atoms with Gasteiger partial charge in [0.1, 0.15) is 11.6 Å². The second kappa shape index (κ2) is 7.67. The zero-order chi connectivity index (χ0) is 16.8. The fourth-order valence-electron chi connectivity index (χ4n) is 2.06. The molecule has 0 saturated carbocycles. The molecule has 1 atom stereocenters. The highest BCUT2D eigenvalue weighted by atomic mass is 19.1. The topological polar surface area (TPSA) is 38.3 Å². The number of hydrogen-bond donors (Lipinski definition) is 1. The van der Waals surface area contributed by atoms with Crippen molar-refractivity contribution in [1.29, 1.82) is 0 Å². The quantitative estimate of drug-likeness (QED) is 0.879. The Balaban J connectivity index is 1.83. The zero-order valence-corrected chi connectivity index (χ0v) is 12.5. The van der Waals surface area contributed by atoms with Crippen LogP contribution in [-0.2, 0) is 4.79 Å². The maximum atomic E-state index is 13.6. The number of benzene rings is 2. The van der Waals surface area contributed by atoms with E-state index >= 15 is 0 Å². The van der Waals surface area contributed by atoms with Crippen molar-refractivity contribution < 1.29 is 22.7 Å². The number of halogens is 3. The normalized spacial score (nSPS) is 11.8. The fraction of sp³-hybridized carbons (Fsp3) is 0.235. The molecule has 0 radical (unpaired) electrons. The Morgan fingerprint density at radius 1 is 1.13 bits per heavy atom. The van der Waals surface area contributed by atoms with E-state index in [9.17, 15) is 18.0 Å². The van der Waals surface area contributed by atoms with Gasteiger partial charge in [-0.3, -0.25) is 4.79 Å². The Morgan fingerprint density at radius 2 is 1.87 bits per heavy atom. The summed E-state index contributed by atoms with van der Waals surface area (Å²) in [5.74, 6) is -2.21. The minimum absolute atomic E-state index is 0.00854. The van der Waals surface area contributed by atoms with E-state index in [2.05, 4.69) is 5.32 Å². The Hall–Kier alpha value is -2.50. The van der Waals surface area contributed by atoms with Gasteiger partial charge in [0, 0.05) is 11.6 Å². The van der Waals surface area contributed by atoms with Crippen LogP contribution in [0.5, 0.6) is 5.75 Å². The molecule has 0 heterocycles. The van der Waals surface area contributed by atoms with Crippen molar-refractivity contribution in [3.63, 3.8) is 0 Å². The van der Waals surface area contributed by atoms with Gasteiger partial charge in [0.15, 0.2) is 11.6 Å². The van der Waals surface area contributed by atoms with Gasteiger partial charge >= 0.3 is 0 Å². The van der Waals surface area contributed by atoms with Crippen LogP contribution in [0.15, 0.2) is 42.5 Å². The molecule has 0 aliphatic rings. The molecule has 2 rings (SSSR count). The van der Waals surface area contributed by atoms with Crippen molar-refractivity contribution in [2.45, 2.75) is 19.4 Å². The average Bonchev–Trinajstić information content (AvgIpc) is 2.49. The minimum Gasteiger partial charge on any atom is -0.490 e. The monoisotopic (exact) mass is 323 g/mol. The predicted molar refractivity (Wildman–Crippen MR) is 79.4 cm³/mol. The number of carbonyl (C=O) groups is 1. The van der Waals surface area contributed by atoms with Crippen LogP contribution in [0.25, 0.3) is 0 Å². The number of rotatable bonds is 6. The summed E-state index contributed by atoms with van der Waals surface area (Å²) in [7, 11) is 0. The van der Waals surface area contributed by atoms with E-state index in [0.717, 1.165) is 12.1 Å². The van der Waals surface area contributed by atoms with Crippen LogP contribution in [-0.4, -0.2) is 12.5 Å². The van der Waals surface area contributed by atoms with E-state index in [1.807, 2.05) is 0 Å². The van der Waals surface area contributed by atoms with Crippen LogP contribution in [0, 0.1) is 17.5 Å². The van der Waals surface area contributed by atoms with Crippen LogP contribution >= 0.6 is 0 Å². The molecule has 1 N–H and O–H groups in total. The molecule has 1 unspecified atom stereocenters. The van der Waals surface area contributed by atoms with Crippen LogP contribution < -0.4 is 10.1 Å². The van der Waals surface area contributed by atoms with Crippen LogP contribution in [0.1, 0.15) is 24.9 Å². The third-order valence-electron chi connectivity index (χ3n) is 3.23. The predicted octanol–water partition coefficient (Wildman–Crippen LogP) is 3.75. The van der Waals surface area contributed by atoms with E-state index in [4.69, 9.17) is 4.74 Å². The summed E-state index contributed by atoms with van der Waals surface area (Å²) >= 11 is 0. The highest BCUT2D eigenvalue weighted by Gasteiger charge is 2.14. The highest BCUT2D eigenvalue weighted by molar-refractivity contribution is 5.76. The van der Waals surface area contributed by atoms with Crippen molar-refractivity contribution in [2.24, 2.45) is 0 Å². The summed E-state index contributed by atoms with van der Waals surface area (Å²) in [5.41, 5.74) is 0.190. The lowest BCUT2D eigenvalue weighted by atomic mass is 10.1. The summed E-state index contributed by atoms with van der Waals surface area (Å²) in [6, 6.07) is 8.44. The summed E-state index contributed by atoms with van der Waals surface area (Å²) in [5, 5.41) is 2.58. The van der Waals surface area contributed by atoms with Gasteiger partial charge in [-0.15, -0.1) is 0 Å². The first-order valence-electron chi connectivity index (χ1n) is 7.09. The van der Waals surface area contributed by atoms with Gasteiger partial charge in [-0.1, -0.05) is 18.2 Å². The third kappa shape index (κ3) is 4.74. The Labute approximate surface area is 132 Å². The first-order valence-corrected chi connectivity index (χ1v) is 7.09. The van der Waals surface area contributed by atoms with Gasteiger partial charge in [0.05, 0.1) is 19.1 Å². The van der Waals surface area contributed by atoms with Crippen molar-refractivity contribution in [2.75, 3.05) is 6.61 Å². The molecular formula is C17H16F3NO2. The van der Waals surface area contributed by atoms with Gasteiger partial charge in [0.25, 0.3) is 0 Å². The second-order valence-electron chi connectivity index (χ2n) is 4.98. The molecule has 0 spiro atoms. The molecular weight excluding hydrogens is 307 g/mol. The zero-order valence-electron chi connectivity index (χ0n) is 12.5. The molecule has 2 aromatic rings. The summed E-state index contributed by atoms with van der Waals surface area (Å²) in [6.07, 6.45) is -0.0124. The lowest BCUT2D eigenvalue weighted by Gasteiger charge is -2.15. The van der Waals surface area contributed by atoms with Gasteiger partial charge in [-0.2, -0.15) is 0 Å². The standard InChI is InChI=1S/C17H16F3NO2/c1-11(13-7-6-12(18)10-15(13)20)21-17(22)8-9-23-16-5-3-2-4-14(16)19/h2-7,10-11H,8-9H2,1H3,(H,21,22). The SMILES string of the molecule is CC(NC(=O)CCOc1ccccc1F)c1ccc(F)cc1F. The lowest BCUT2D eigenvalue weighted by Crippen LogP contribution is -2.28. The Bertz CT molecular complexity index is 691. The van der Waals surface area contributed by atoms with Crippen molar-refractivity contribution in [3.8, 4) is 5.75 Å². The number of hydrogen-bond acceptors (Lipinski definition) is 2. The molecule has 0 bridgehead atoms. The first kappa shape index (κ1) is 16.9. The minimum atomic E-state index is -0.722. The molecule has 2 aromatic carbocycles. The number of para-hydroxylation sites is 1. The molecule has 122 valence electrons. The van der Waals surface area contributed by atoms with E-state index in [0.29, 0.717) is 0 Å². The fourth-order valence-corrected chi connectivity index (χ4v) is 2.06. The maximum Gasteiger partial charge on any atom is 0.223 e. The Morgan fingerprint density at radius 3 is 2.57 bits per heavy atom. The van der Waals surface area contributed by atoms with Crippen LogP contribution in [0.4, 0.5) is 13.2 Å². The molecule has 0 saturated heterocycles. The first-order chi connectivity index (χ1) is 11.0. The van der Waals surface area contributed by atoms with Crippen LogP contribution in [0.2, 0.25) is 0 Å². The van der Waals surface area contributed by atoms with Crippen molar-refractivity contribution >= 4 is 5.91 Å². The molecule has 0 fully saturated rings. The van der Waals surface area contributed by atoms with E-state index in [-0.39, 0.29) is 30.2 Å². The van der Waals surface area contributed by atoms with Gasteiger partial charge in [-0.25, -0.2) is 13.2 Å². The molecule has 23 heavy (non-hydrogen) atoms. The Kier molecular flexibility index (Phi) is 5.62. The average molecular weight is 323 g/mol. The molecule has 0 aliphatic heterocycles. The van der Waals surface area contributed by atoms with E-state index < -0.39 is 23.5 Å². The van der Waals surface area contributed by atoms with E-state index in [1.165, 1.54) is 24.3 Å². The largest absolute Gasteiger partial charge is 0.490 e. The number of nitrogens with one attached hydrogen (secondary N) is 1. The molecule has 0 aromatic heterocycles. The summed E-state index contributed by atoms with van der Waals surface area (Å²) < 4.78 is 45.0. The molecule has 3 nitrogen and oxygen atoms in total. The third-order valence-corrected chi connectivity index (χ3v) is 3.23. The maximum absolute atomic E-state index is 13.6. The molecule has 0 aliphatic carbocycles. The summed E-state index contributed by atoms with van der Waals surface area (Å²) in [4.78, 5) is 11.8. The lowest BCUT2D eigenvalue weighted by molar-refractivity contribution is -0.122. The molecule has 1 amide bonds. The smallest absolute Gasteiger partial charge is 0.223 e.